The van der Waals surface area contributed by atoms with Crippen LogP contribution < -0.4 is 4.74 Å². The van der Waals surface area contributed by atoms with E-state index in [0.717, 1.165) is 0 Å². The monoisotopic (exact) mass is 265 g/mol. The predicted molar refractivity (Wildman–Crippen MR) is 70.4 cm³/mol. The molecule has 1 amide bonds. The maximum atomic E-state index is 12.3. The SMILES string of the molecule is COc1ccc(C(=O)N2CCC(C)(O)CC2)c(O)c1. The zero-order valence-corrected chi connectivity index (χ0v) is 11.2. The standard InChI is InChI=1S/C14H19NO4/c1-14(18)5-7-15(8-6-14)13(17)11-4-3-10(19-2)9-12(11)16/h3-4,9,16,18H,5-8H2,1-2H3. The van der Waals surface area contributed by atoms with Crippen LogP contribution in [-0.4, -0.2) is 46.8 Å². The summed E-state index contributed by atoms with van der Waals surface area (Å²) in [5, 5.41) is 19.7. The Balaban J connectivity index is 2.12. The van der Waals surface area contributed by atoms with Gasteiger partial charge in [-0.15, -0.1) is 0 Å². The van der Waals surface area contributed by atoms with E-state index in [0.29, 0.717) is 31.7 Å². The fourth-order valence-electron chi connectivity index (χ4n) is 2.18. The normalized spacial score (nSPS) is 18.2. The van der Waals surface area contributed by atoms with Gasteiger partial charge in [-0.05, 0) is 31.9 Å². The molecule has 1 aliphatic rings. The van der Waals surface area contributed by atoms with E-state index in [4.69, 9.17) is 4.74 Å². The molecule has 0 unspecified atom stereocenters. The van der Waals surface area contributed by atoms with Gasteiger partial charge >= 0.3 is 0 Å². The first kappa shape index (κ1) is 13.7. The second kappa shape index (κ2) is 5.09. The Hall–Kier alpha value is -1.75. The van der Waals surface area contributed by atoms with E-state index < -0.39 is 5.60 Å². The third-order valence-corrected chi connectivity index (χ3v) is 3.56. The van der Waals surface area contributed by atoms with Crippen LogP contribution in [0.15, 0.2) is 18.2 Å². The number of carbonyl (C=O) groups is 1. The number of ether oxygens (including phenoxy) is 1. The number of nitrogens with zero attached hydrogens (tertiary/aromatic N) is 1. The number of methoxy groups -OCH3 is 1. The first-order valence-electron chi connectivity index (χ1n) is 6.31. The van der Waals surface area contributed by atoms with Gasteiger partial charge in [-0.25, -0.2) is 0 Å². The lowest BCUT2D eigenvalue weighted by Crippen LogP contribution is -2.45. The van der Waals surface area contributed by atoms with Crippen LogP contribution in [0.1, 0.15) is 30.1 Å². The molecule has 2 N–H and O–H groups in total. The number of benzene rings is 1. The Labute approximate surface area is 112 Å². The lowest BCUT2D eigenvalue weighted by molar-refractivity contribution is -0.00207. The number of rotatable bonds is 2. The van der Waals surface area contributed by atoms with Crippen molar-refractivity contribution in [3.05, 3.63) is 23.8 Å². The Bertz CT molecular complexity index is 474. The van der Waals surface area contributed by atoms with Crippen molar-refractivity contribution in [2.45, 2.75) is 25.4 Å². The molecule has 1 fully saturated rings. The van der Waals surface area contributed by atoms with Crippen LogP contribution in [0, 0.1) is 0 Å². The number of likely N-dealkylation sites (tertiary alicyclic amines) is 1. The fraction of sp³-hybridized carbons (Fsp3) is 0.500. The number of phenolic OH excluding ortho intramolecular Hbond substituents is 1. The maximum Gasteiger partial charge on any atom is 0.257 e. The molecule has 0 spiro atoms. The van der Waals surface area contributed by atoms with Crippen molar-refractivity contribution in [2.24, 2.45) is 0 Å². The highest BCUT2D eigenvalue weighted by atomic mass is 16.5. The van der Waals surface area contributed by atoms with Crippen LogP contribution >= 0.6 is 0 Å². The number of aromatic hydroxyl groups is 1. The molecule has 5 heteroatoms. The number of carbonyl (C=O) groups excluding carboxylic acids is 1. The van der Waals surface area contributed by atoms with Crippen molar-refractivity contribution in [3.63, 3.8) is 0 Å². The zero-order chi connectivity index (χ0) is 14.0. The Morgan fingerprint density at radius 2 is 2.00 bits per heavy atom. The number of phenols is 1. The molecule has 5 nitrogen and oxygen atoms in total. The van der Waals surface area contributed by atoms with E-state index in [2.05, 4.69) is 0 Å². The molecule has 1 aromatic rings. The summed E-state index contributed by atoms with van der Waals surface area (Å²) in [6.45, 7) is 2.77. The van der Waals surface area contributed by atoms with Crippen LogP contribution in [0.3, 0.4) is 0 Å². The molecule has 1 aromatic carbocycles. The quantitative estimate of drug-likeness (QED) is 0.847. The van der Waals surface area contributed by atoms with Crippen molar-refractivity contribution < 1.29 is 19.7 Å². The molecule has 1 aliphatic heterocycles. The second-order valence-corrected chi connectivity index (χ2v) is 5.17. The average Bonchev–Trinajstić information content (AvgIpc) is 2.37. The molecule has 0 saturated carbocycles. The van der Waals surface area contributed by atoms with Crippen LogP contribution in [-0.2, 0) is 0 Å². The first-order valence-corrected chi connectivity index (χ1v) is 6.31. The van der Waals surface area contributed by atoms with Crippen molar-refractivity contribution in [1.29, 1.82) is 0 Å². The summed E-state index contributed by atoms with van der Waals surface area (Å²) in [5.74, 6) is 0.216. The summed E-state index contributed by atoms with van der Waals surface area (Å²) in [5.41, 5.74) is -0.430. The minimum atomic E-state index is -0.696. The number of hydrogen-bond donors (Lipinski definition) is 2. The van der Waals surface area contributed by atoms with Crippen molar-refractivity contribution in [3.8, 4) is 11.5 Å². The van der Waals surface area contributed by atoms with E-state index in [1.54, 1.807) is 24.0 Å². The van der Waals surface area contributed by atoms with Crippen LogP contribution in [0.25, 0.3) is 0 Å². The van der Waals surface area contributed by atoms with Gasteiger partial charge in [0.25, 0.3) is 5.91 Å². The van der Waals surface area contributed by atoms with Gasteiger partial charge in [0.1, 0.15) is 11.5 Å². The van der Waals surface area contributed by atoms with Crippen LogP contribution in [0.2, 0.25) is 0 Å². The minimum absolute atomic E-state index is 0.0818. The Morgan fingerprint density at radius 3 is 2.53 bits per heavy atom. The lowest BCUT2D eigenvalue weighted by Gasteiger charge is -2.35. The number of piperidine rings is 1. The van der Waals surface area contributed by atoms with Gasteiger partial charge in [0, 0.05) is 19.2 Å². The number of amides is 1. The van der Waals surface area contributed by atoms with E-state index in [-0.39, 0.29) is 17.2 Å². The highest BCUT2D eigenvalue weighted by molar-refractivity contribution is 5.97. The third kappa shape index (κ3) is 2.98. The third-order valence-electron chi connectivity index (χ3n) is 3.56. The highest BCUT2D eigenvalue weighted by Gasteiger charge is 2.30. The van der Waals surface area contributed by atoms with Gasteiger partial charge in [-0.1, -0.05) is 0 Å². The van der Waals surface area contributed by atoms with E-state index in [1.165, 1.54) is 13.2 Å². The van der Waals surface area contributed by atoms with Gasteiger partial charge in [0.05, 0.1) is 18.3 Å². The van der Waals surface area contributed by atoms with Gasteiger partial charge in [-0.2, -0.15) is 0 Å². The molecule has 0 atom stereocenters. The van der Waals surface area contributed by atoms with Gasteiger partial charge in [0.15, 0.2) is 0 Å². The average molecular weight is 265 g/mol. The summed E-state index contributed by atoms with van der Waals surface area (Å²) >= 11 is 0. The van der Waals surface area contributed by atoms with Crippen molar-refractivity contribution in [1.82, 2.24) is 4.90 Å². The van der Waals surface area contributed by atoms with Crippen molar-refractivity contribution in [2.75, 3.05) is 20.2 Å². The zero-order valence-electron chi connectivity index (χ0n) is 11.2. The molecular formula is C14H19NO4. The molecule has 0 radical (unpaired) electrons. The topological polar surface area (TPSA) is 70.0 Å². The van der Waals surface area contributed by atoms with Crippen molar-refractivity contribution >= 4 is 5.91 Å². The molecule has 0 aromatic heterocycles. The first-order chi connectivity index (χ1) is 8.93. The summed E-state index contributed by atoms with van der Waals surface area (Å²) in [4.78, 5) is 13.9. The Kier molecular flexibility index (Phi) is 3.66. The summed E-state index contributed by atoms with van der Waals surface area (Å²) < 4.78 is 4.98. The second-order valence-electron chi connectivity index (χ2n) is 5.17. The molecule has 2 rings (SSSR count). The largest absolute Gasteiger partial charge is 0.507 e. The molecule has 0 bridgehead atoms. The highest BCUT2D eigenvalue weighted by Crippen LogP contribution is 2.27. The molecular weight excluding hydrogens is 246 g/mol. The molecule has 1 saturated heterocycles. The molecule has 0 aliphatic carbocycles. The van der Waals surface area contributed by atoms with E-state index in [9.17, 15) is 15.0 Å². The molecule has 19 heavy (non-hydrogen) atoms. The fourth-order valence-corrected chi connectivity index (χ4v) is 2.18. The summed E-state index contributed by atoms with van der Waals surface area (Å²) in [7, 11) is 1.50. The number of hydrogen-bond acceptors (Lipinski definition) is 4. The van der Waals surface area contributed by atoms with Gasteiger partial charge in [-0.3, -0.25) is 4.79 Å². The number of aliphatic hydroxyl groups is 1. The molecule has 1 heterocycles. The maximum absolute atomic E-state index is 12.3. The molecule has 104 valence electrons. The van der Waals surface area contributed by atoms with Gasteiger partial charge < -0.3 is 19.8 Å². The summed E-state index contributed by atoms with van der Waals surface area (Å²) in [6.07, 6.45) is 1.10. The van der Waals surface area contributed by atoms with Crippen LogP contribution in [0.4, 0.5) is 0 Å². The predicted octanol–water partition coefficient (Wildman–Crippen LogP) is 1.39. The van der Waals surface area contributed by atoms with E-state index in [1.807, 2.05) is 0 Å². The minimum Gasteiger partial charge on any atom is -0.507 e. The van der Waals surface area contributed by atoms with E-state index >= 15 is 0 Å². The van der Waals surface area contributed by atoms with Gasteiger partial charge in [0.2, 0.25) is 0 Å². The van der Waals surface area contributed by atoms with Crippen LogP contribution in [0.5, 0.6) is 11.5 Å². The Morgan fingerprint density at radius 1 is 1.37 bits per heavy atom. The lowest BCUT2D eigenvalue weighted by atomic mass is 9.93. The smallest absolute Gasteiger partial charge is 0.257 e. The summed E-state index contributed by atoms with van der Waals surface area (Å²) in [6, 6.07) is 4.63.